The van der Waals surface area contributed by atoms with Gasteiger partial charge in [0.1, 0.15) is 0 Å². The first-order valence-electron chi connectivity index (χ1n) is 6.09. The van der Waals surface area contributed by atoms with E-state index in [1.54, 1.807) is 6.07 Å². The van der Waals surface area contributed by atoms with Crippen molar-refractivity contribution >= 4 is 0 Å². The highest BCUT2D eigenvalue weighted by molar-refractivity contribution is 5.34. The van der Waals surface area contributed by atoms with Crippen LogP contribution in [0.4, 0.5) is 0 Å². The Morgan fingerprint density at radius 3 is 2.50 bits per heavy atom. The molecule has 0 fully saturated rings. The van der Waals surface area contributed by atoms with E-state index in [0.29, 0.717) is 13.0 Å². The van der Waals surface area contributed by atoms with Gasteiger partial charge in [0.25, 0.3) is 5.56 Å². The first-order chi connectivity index (χ1) is 8.63. The van der Waals surface area contributed by atoms with Crippen LogP contribution in [-0.4, -0.2) is 9.67 Å². The molecule has 0 atom stereocenters. The minimum atomic E-state index is -0.161. The summed E-state index contributed by atoms with van der Waals surface area (Å²) < 4.78 is 1.42. The number of aryl methyl sites for hydroxylation is 1. The van der Waals surface area contributed by atoms with Gasteiger partial charge >= 0.3 is 0 Å². The van der Waals surface area contributed by atoms with Gasteiger partial charge in [0.15, 0.2) is 5.88 Å². The molecule has 0 radical (unpaired) electrons. The summed E-state index contributed by atoms with van der Waals surface area (Å²) in [5.41, 5.74) is 2.53. The maximum absolute atomic E-state index is 11.9. The fourth-order valence-electron chi connectivity index (χ4n) is 2.15. The Kier molecular flexibility index (Phi) is 3.51. The van der Waals surface area contributed by atoms with Crippen LogP contribution in [0, 0.1) is 6.92 Å². The van der Waals surface area contributed by atoms with E-state index in [1.807, 2.05) is 44.2 Å². The van der Waals surface area contributed by atoms with Gasteiger partial charge in [0.2, 0.25) is 0 Å². The summed E-state index contributed by atoms with van der Waals surface area (Å²) >= 11 is 0. The van der Waals surface area contributed by atoms with Crippen LogP contribution in [0.3, 0.4) is 0 Å². The van der Waals surface area contributed by atoms with Crippen molar-refractivity contribution in [2.24, 2.45) is 0 Å². The zero-order chi connectivity index (χ0) is 13.1. The van der Waals surface area contributed by atoms with E-state index in [1.165, 1.54) is 4.57 Å². The third-order valence-corrected chi connectivity index (χ3v) is 3.14. The highest BCUT2D eigenvalue weighted by Crippen LogP contribution is 2.20. The summed E-state index contributed by atoms with van der Waals surface area (Å²) in [7, 11) is 0. The largest absolute Gasteiger partial charge is 0.494 e. The number of aromatic hydroxyl groups is 1. The molecule has 0 unspecified atom stereocenters. The second kappa shape index (κ2) is 5.08. The van der Waals surface area contributed by atoms with Crippen molar-refractivity contribution in [1.29, 1.82) is 0 Å². The smallest absolute Gasteiger partial charge is 0.253 e. The van der Waals surface area contributed by atoms with Crippen LogP contribution in [0.2, 0.25) is 0 Å². The Hall–Kier alpha value is -2.03. The molecule has 1 N–H and O–H groups in total. The Bertz CT molecular complexity index is 600. The molecule has 0 amide bonds. The average molecular weight is 243 g/mol. The fourth-order valence-corrected chi connectivity index (χ4v) is 2.15. The first-order valence-corrected chi connectivity index (χ1v) is 6.09. The second-order valence-corrected chi connectivity index (χ2v) is 4.39. The van der Waals surface area contributed by atoms with Crippen molar-refractivity contribution in [2.45, 2.75) is 26.8 Å². The molecular formula is C15H17NO2. The van der Waals surface area contributed by atoms with Crippen LogP contribution in [0.25, 0.3) is 0 Å². The molecule has 0 saturated carbocycles. The molecular weight excluding hydrogens is 226 g/mol. The first kappa shape index (κ1) is 12.4. The summed E-state index contributed by atoms with van der Waals surface area (Å²) in [6.07, 6.45) is 0.715. The van der Waals surface area contributed by atoms with Gasteiger partial charge in [-0.05, 0) is 24.5 Å². The molecule has 2 aromatic rings. The topological polar surface area (TPSA) is 42.2 Å². The van der Waals surface area contributed by atoms with Gasteiger partial charge in [-0.3, -0.25) is 9.36 Å². The highest BCUT2D eigenvalue weighted by atomic mass is 16.3. The van der Waals surface area contributed by atoms with Gasteiger partial charge in [-0.1, -0.05) is 37.3 Å². The number of pyridine rings is 1. The molecule has 1 aromatic heterocycles. The standard InChI is InChI=1S/C15H17NO2/c1-3-13-11(2)9-14(17)16(15(13)18)10-12-7-5-4-6-8-12/h4-9,18H,3,10H2,1-2H3. The number of benzene rings is 1. The minimum absolute atomic E-state index is 0.0892. The van der Waals surface area contributed by atoms with Crippen molar-refractivity contribution in [1.82, 2.24) is 4.57 Å². The molecule has 2 rings (SSSR count). The number of nitrogens with zero attached hydrogens (tertiary/aromatic N) is 1. The van der Waals surface area contributed by atoms with Crippen LogP contribution in [0.15, 0.2) is 41.2 Å². The molecule has 0 saturated heterocycles. The third kappa shape index (κ3) is 2.30. The summed E-state index contributed by atoms with van der Waals surface area (Å²) in [6, 6.07) is 11.2. The van der Waals surface area contributed by atoms with Crippen molar-refractivity contribution < 1.29 is 5.11 Å². The van der Waals surface area contributed by atoms with Crippen LogP contribution in [0.1, 0.15) is 23.6 Å². The number of hydrogen-bond acceptors (Lipinski definition) is 2. The Morgan fingerprint density at radius 1 is 1.22 bits per heavy atom. The van der Waals surface area contributed by atoms with E-state index in [-0.39, 0.29) is 11.4 Å². The van der Waals surface area contributed by atoms with Crippen molar-refractivity contribution in [2.75, 3.05) is 0 Å². The molecule has 0 aliphatic carbocycles. The van der Waals surface area contributed by atoms with Crippen LogP contribution in [0.5, 0.6) is 5.88 Å². The molecule has 0 aliphatic rings. The minimum Gasteiger partial charge on any atom is -0.494 e. The van der Waals surface area contributed by atoms with E-state index in [2.05, 4.69) is 0 Å². The molecule has 3 heteroatoms. The van der Waals surface area contributed by atoms with Gasteiger partial charge in [-0.15, -0.1) is 0 Å². The zero-order valence-electron chi connectivity index (χ0n) is 10.7. The summed E-state index contributed by atoms with van der Waals surface area (Å²) in [4.78, 5) is 11.9. The normalized spacial score (nSPS) is 10.6. The maximum atomic E-state index is 11.9. The second-order valence-electron chi connectivity index (χ2n) is 4.39. The van der Waals surface area contributed by atoms with Crippen molar-refractivity contribution in [3.05, 3.63) is 63.4 Å². The van der Waals surface area contributed by atoms with Gasteiger partial charge < -0.3 is 5.11 Å². The lowest BCUT2D eigenvalue weighted by Gasteiger charge is -2.13. The van der Waals surface area contributed by atoms with Gasteiger partial charge in [0.05, 0.1) is 6.54 Å². The highest BCUT2D eigenvalue weighted by Gasteiger charge is 2.11. The molecule has 0 spiro atoms. The lowest BCUT2D eigenvalue weighted by atomic mass is 10.1. The lowest BCUT2D eigenvalue weighted by molar-refractivity contribution is 0.407. The van der Waals surface area contributed by atoms with Crippen LogP contribution >= 0.6 is 0 Å². The average Bonchev–Trinajstić information content (AvgIpc) is 2.36. The SMILES string of the molecule is CCc1c(C)cc(=O)n(Cc2ccccc2)c1O. The predicted octanol–water partition coefficient (Wildman–Crippen LogP) is 2.47. The van der Waals surface area contributed by atoms with Crippen LogP contribution in [-0.2, 0) is 13.0 Å². The van der Waals surface area contributed by atoms with E-state index in [0.717, 1.165) is 16.7 Å². The van der Waals surface area contributed by atoms with E-state index in [4.69, 9.17) is 0 Å². The molecule has 0 aliphatic heterocycles. The molecule has 1 aromatic carbocycles. The molecule has 18 heavy (non-hydrogen) atoms. The number of rotatable bonds is 3. The molecule has 1 heterocycles. The summed E-state index contributed by atoms with van der Waals surface area (Å²) in [5.74, 6) is 0.0892. The number of aromatic nitrogens is 1. The van der Waals surface area contributed by atoms with Crippen molar-refractivity contribution in [3.63, 3.8) is 0 Å². The Labute approximate surface area is 106 Å². The van der Waals surface area contributed by atoms with Gasteiger partial charge in [0, 0.05) is 11.6 Å². The van der Waals surface area contributed by atoms with E-state index >= 15 is 0 Å². The van der Waals surface area contributed by atoms with Crippen LogP contribution < -0.4 is 5.56 Å². The maximum Gasteiger partial charge on any atom is 0.253 e. The third-order valence-electron chi connectivity index (χ3n) is 3.14. The van der Waals surface area contributed by atoms with Crippen molar-refractivity contribution in [3.8, 4) is 5.88 Å². The quantitative estimate of drug-likeness (QED) is 0.899. The Balaban J connectivity index is 2.48. The molecule has 3 nitrogen and oxygen atoms in total. The summed E-state index contributed by atoms with van der Waals surface area (Å²) in [5, 5.41) is 10.2. The van der Waals surface area contributed by atoms with Gasteiger partial charge in [-0.2, -0.15) is 0 Å². The molecule has 0 bridgehead atoms. The monoisotopic (exact) mass is 243 g/mol. The molecule has 94 valence electrons. The number of hydrogen-bond donors (Lipinski definition) is 1. The fraction of sp³-hybridized carbons (Fsp3) is 0.267. The lowest BCUT2D eigenvalue weighted by Crippen LogP contribution is -2.21. The zero-order valence-corrected chi connectivity index (χ0v) is 10.7. The summed E-state index contributed by atoms with van der Waals surface area (Å²) in [6.45, 7) is 4.23. The van der Waals surface area contributed by atoms with E-state index in [9.17, 15) is 9.90 Å². The Morgan fingerprint density at radius 2 is 1.89 bits per heavy atom. The van der Waals surface area contributed by atoms with Gasteiger partial charge in [-0.25, -0.2) is 0 Å². The van der Waals surface area contributed by atoms with E-state index < -0.39 is 0 Å². The predicted molar refractivity (Wildman–Crippen MR) is 72.0 cm³/mol.